The van der Waals surface area contributed by atoms with E-state index in [2.05, 4.69) is 0 Å². The first-order valence-electron chi connectivity index (χ1n) is 6.79. The van der Waals surface area contributed by atoms with Crippen molar-refractivity contribution in [3.8, 4) is 5.75 Å². The van der Waals surface area contributed by atoms with E-state index >= 15 is 0 Å². The molecule has 0 amide bonds. The van der Waals surface area contributed by atoms with Crippen LogP contribution in [0.4, 0.5) is 0 Å². The van der Waals surface area contributed by atoms with Gasteiger partial charge < -0.3 is 4.74 Å². The molecule has 21 heavy (non-hydrogen) atoms. The van der Waals surface area contributed by atoms with E-state index in [1.165, 1.54) is 0 Å². The Morgan fingerprint density at radius 1 is 1.24 bits per heavy atom. The molecule has 1 heterocycles. The van der Waals surface area contributed by atoms with Gasteiger partial charge in [0.15, 0.2) is 0 Å². The van der Waals surface area contributed by atoms with Gasteiger partial charge in [0.25, 0.3) is 0 Å². The number of thiophene rings is 1. The minimum atomic E-state index is -3.45. The van der Waals surface area contributed by atoms with Crippen molar-refractivity contribution in [1.82, 2.24) is 4.31 Å². The molecule has 0 N–H and O–H groups in total. The van der Waals surface area contributed by atoms with E-state index in [0.29, 0.717) is 17.2 Å². The van der Waals surface area contributed by atoms with Crippen molar-refractivity contribution in [3.63, 3.8) is 0 Å². The first-order valence-corrected chi connectivity index (χ1v) is 9.11. The molecule has 1 aliphatic carbocycles. The Morgan fingerprint density at radius 2 is 1.95 bits per heavy atom. The van der Waals surface area contributed by atoms with Gasteiger partial charge in [0.2, 0.25) is 10.0 Å². The molecule has 0 unspecified atom stereocenters. The topological polar surface area (TPSA) is 46.6 Å². The highest BCUT2D eigenvalue weighted by atomic mass is 32.2. The predicted octanol–water partition coefficient (Wildman–Crippen LogP) is 3.11. The minimum Gasteiger partial charge on any atom is -0.497 e. The van der Waals surface area contributed by atoms with Crippen molar-refractivity contribution in [1.29, 1.82) is 0 Å². The summed E-state index contributed by atoms with van der Waals surface area (Å²) < 4.78 is 32.4. The van der Waals surface area contributed by atoms with Crippen LogP contribution in [-0.4, -0.2) is 25.9 Å². The van der Waals surface area contributed by atoms with E-state index in [1.54, 1.807) is 47.0 Å². The zero-order valence-electron chi connectivity index (χ0n) is 11.7. The van der Waals surface area contributed by atoms with Crippen molar-refractivity contribution >= 4 is 21.4 Å². The normalized spacial score (nSPS) is 15.3. The molecule has 0 aliphatic heterocycles. The first kappa shape index (κ1) is 14.6. The fourth-order valence-corrected chi connectivity index (χ4v) is 4.66. The quantitative estimate of drug-likeness (QED) is 0.820. The van der Waals surface area contributed by atoms with E-state index in [9.17, 15) is 8.42 Å². The first-order chi connectivity index (χ1) is 10.1. The SMILES string of the molecule is COc1ccc(S(=O)(=O)N(Cc2cccs2)C2CC2)cc1. The third-order valence-corrected chi connectivity index (χ3v) is 6.29. The molecule has 1 aromatic carbocycles. The maximum Gasteiger partial charge on any atom is 0.243 e. The third kappa shape index (κ3) is 3.12. The Labute approximate surface area is 129 Å². The molecule has 1 saturated carbocycles. The lowest BCUT2D eigenvalue weighted by atomic mass is 10.3. The van der Waals surface area contributed by atoms with E-state index < -0.39 is 10.0 Å². The lowest BCUT2D eigenvalue weighted by Crippen LogP contribution is -2.32. The van der Waals surface area contributed by atoms with Crippen LogP contribution in [-0.2, 0) is 16.6 Å². The second kappa shape index (κ2) is 5.79. The van der Waals surface area contributed by atoms with Crippen LogP contribution in [0.15, 0.2) is 46.7 Å². The molecule has 3 rings (SSSR count). The molecule has 1 aromatic heterocycles. The molecular weight excluding hydrogens is 306 g/mol. The van der Waals surface area contributed by atoms with Crippen LogP contribution in [0.1, 0.15) is 17.7 Å². The minimum absolute atomic E-state index is 0.138. The lowest BCUT2D eigenvalue weighted by molar-refractivity contribution is 0.400. The molecule has 0 spiro atoms. The smallest absolute Gasteiger partial charge is 0.243 e. The van der Waals surface area contributed by atoms with Gasteiger partial charge in [-0.15, -0.1) is 11.3 Å². The molecule has 0 saturated heterocycles. The van der Waals surface area contributed by atoms with Crippen molar-refractivity contribution in [2.75, 3.05) is 7.11 Å². The Morgan fingerprint density at radius 3 is 2.48 bits per heavy atom. The van der Waals surface area contributed by atoms with Crippen LogP contribution in [0.3, 0.4) is 0 Å². The number of methoxy groups -OCH3 is 1. The van der Waals surface area contributed by atoms with Crippen LogP contribution < -0.4 is 4.74 Å². The Kier molecular flexibility index (Phi) is 4.01. The number of rotatable bonds is 6. The second-order valence-corrected chi connectivity index (χ2v) is 7.96. The average molecular weight is 323 g/mol. The maximum atomic E-state index is 12.8. The monoisotopic (exact) mass is 323 g/mol. The van der Waals surface area contributed by atoms with Gasteiger partial charge >= 0.3 is 0 Å². The van der Waals surface area contributed by atoms with Crippen LogP contribution in [0.25, 0.3) is 0 Å². The number of benzene rings is 1. The highest BCUT2D eigenvalue weighted by Crippen LogP contribution is 2.34. The zero-order chi connectivity index (χ0) is 14.9. The lowest BCUT2D eigenvalue weighted by Gasteiger charge is -2.21. The van der Waals surface area contributed by atoms with Crippen molar-refractivity contribution in [3.05, 3.63) is 46.7 Å². The molecule has 0 radical (unpaired) electrons. The molecule has 112 valence electrons. The summed E-state index contributed by atoms with van der Waals surface area (Å²) in [7, 11) is -1.89. The van der Waals surface area contributed by atoms with Gasteiger partial charge in [-0.2, -0.15) is 4.31 Å². The van der Waals surface area contributed by atoms with Crippen molar-refractivity contribution in [2.45, 2.75) is 30.3 Å². The number of nitrogens with zero attached hydrogens (tertiary/aromatic N) is 1. The van der Waals surface area contributed by atoms with Crippen LogP contribution >= 0.6 is 11.3 Å². The van der Waals surface area contributed by atoms with E-state index in [1.807, 2.05) is 17.5 Å². The number of sulfonamides is 1. The zero-order valence-corrected chi connectivity index (χ0v) is 13.4. The average Bonchev–Trinajstić information content (AvgIpc) is 3.20. The van der Waals surface area contributed by atoms with Gasteiger partial charge in [-0.1, -0.05) is 6.07 Å². The molecule has 1 fully saturated rings. The molecular formula is C15H17NO3S2. The van der Waals surface area contributed by atoms with Gasteiger partial charge in [0.05, 0.1) is 12.0 Å². The molecule has 6 heteroatoms. The van der Waals surface area contributed by atoms with E-state index in [0.717, 1.165) is 17.7 Å². The summed E-state index contributed by atoms with van der Waals surface area (Å²) in [5.41, 5.74) is 0. The maximum absolute atomic E-state index is 12.8. The van der Waals surface area contributed by atoms with Gasteiger partial charge in [-0.3, -0.25) is 0 Å². The highest BCUT2D eigenvalue weighted by molar-refractivity contribution is 7.89. The molecule has 2 aromatic rings. The Hall–Kier alpha value is -1.37. The highest BCUT2D eigenvalue weighted by Gasteiger charge is 2.38. The summed E-state index contributed by atoms with van der Waals surface area (Å²) in [6, 6.07) is 10.6. The van der Waals surface area contributed by atoms with E-state index in [4.69, 9.17) is 4.74 Å². The van der Waals surface area contributed by atoms with Crippen LogP contribution in [0.2, 0.25) is 0 Å². The number of ether oxygens (including phenoxy) is 1. The summed E-state index contributed by atoms with van der Waals surface area (Å²) in [6.45, 7) is 0.455. The van der Waals surface area contributed by atoms with Gasteiger partial charge in [-0.05, 0) is 48.6 Å². The number of hydrogen-bond acceptors (Lipinski definition) is 4. The van der Waals surface area contributed by atoms with Crippen molar-refractivity contribution in [2.24, 2.45) is 0 Å². The van der Waals surface area contributed by atoms with Crippen LogP contribution in [0, 0.1) is 0 Å². The Balaban J connectivity index is 1.89. The van der Waals surface area contributed by atoms with Gasteiger partial charge in [-0.25, -0.2) is 8.42 Å². The predicted molar refractivity (Wildman–Crippen MR) is 83.1 cm³/mol. The largest absolute Gasteiger partial charge is 0.497 e. The fraction of sp³-hybridized carbons (Fsp3) is 0.333. The fourth-order valence-electron chi connectivity index (χ4n) is 2.21. The standard InChI is InChI=1S/C15H17NO3S2/c1-19-13-6-8-15(9-7-13)21(17,18)16(12-4-5-12)11-14-3-2-10-20-14/h2-3,6-10,12H,4-5,11H2,1H3. The summed E-state index contributed by atoms with van der Waals surface area (Å²) in [6.07, 6.45) is 1.89. The van der Waals surface area contributed by atoms with Gasteiger partial charge in [0, 0.05) is 17.5 Å². The summed E-state index contributed by atoms with van der Waals surface area (Å²) >= 11 is 1.59. The Bertz CT molecular complexity index is 689. The molecule has 1 aliphatic rings. The molecule has 4 nitrogen and oxygen atoms in total. The van der Waals surface area contributed by atoms with Gasteiger partial charge in [0.1, 0.15) is 5.75 Å². The summed E-state index contributed by atoms with van der Waals surface area (Å²) in [4.78, 5) is 1.39. The number of hydrogen-bond donors (Lipinski definition) is 0. The second-order valence-electron chi connectivity index (χ2n) is 5.04. The summed E-state index contributed by atoms with van der Waals surface area (Å²) in [5, 5.41) is 1.97. The van der Waals surface area contributed by atoms with Crippen molar-refractivity contribution < 1.29 is 13.2 Å². The van der Waals surface area contributed by atoms with E-state index in [-0.39, 0.29) is 6.04 Å². The molecule has 0 bridgehead atoms. The van der Waals surface area contributed by atoms with Crippen LogP contribution in [0.5, 0.6) is 5.75 Å². The summed E-state index contributed by atoms with van der Waals surface area (Å²) in [5.74, 6) is 0.658. The molecule has 0 atom stereocenters. The third-order valence-electron chi connectivity index (χ3n) is 3.51.